The van der Waals surface area contributed by atoms with Crippen molar-refractivity contribution in [1.29, 1.82) is 0 Å². The highest BCUT2D eigenvalue weighted by molar-refractivity contribution is 6.39. The van der Waals surface area contributed by atoms with E-state index >= 15 is 0 Å². The lowest BCUT2D eigenvalue weighted by molar-refractivity contribution is -0.266. The fourth-order valence-electron chi connectivity index (χ4n) is 12.4. The number of carbonyl (C=O) groups is 5. The zero-order chi connectivity index (χ0) is 56.0. The van der Waals surface area contributed by atoms with Gasteiger partial charge in [-0.1, -0.05) is 71.1 Å². The highest BCUT2D eigenvalue weighted by Gasteiger charge is 2.53. The maximum absolute atomic E-state index is 14.7. The standard InChI is InChI=1S/C60H94N2O15/c1-38-16-12-11-13-17-39(2)50(75-27-26-70-8)32-46-21-19-44(7)60(69,77-46)56(66)57(67)62-23-15-14-18-47(62)58(68)76-51(33-48(63)40(3)29-43(6)54(65)55(72-10)53(64)42(5)28-38)41(4)30-45-20-22-49(52(31-45)71-9)74-25-24-61-34-59(35-61)36-73-37-59/h11-13,16-17,29,38,40-42,44-47,49-52,54-55,65,69H,14-15,18-28,30-37H2,1-10H3/t38?,40?,41-,42?,44?,45+,46?,47?,49-,50?,51?,52-,54?,55?,60?/m1/s1. The molecule has 0 radical (unpaired) electrons. The van der Waals surface area contributed by atoms with Crippen molar-refractivity contribution in [3.8, 4) is 0 Å². The van der Waals surface area contributed by atoms with E-state index in [1.54, 1.807) is 41.1 Å². The predicted octanol–water partition coefficient (Wildman–Crippen LogP) is 6.55. The Kier molecular flexibility index (Phi) is 23.9. The van der Waals surface area contributed by atoms with Crippen LogP contribution in [-0.2, 0) is 61.9 Å². The van der Waals surface area contributed by atoms with Crippen LogP contribution in [0.25, 0.3) is 0 Å². The smallest absolute Gasteiger partial charge is 0.329 e. The predicted molar refractivity (Wildman–Crippen MR) is 289 cm³/mol. The van der Waals surface area contributed by atoms with Gasteiger partial charge in [-0.3, -0.25) is 24.1 Å². The van der Waals surface area contributed by atoms with Crippen LogP contribution in [0.5, 0.6) is 0 Å². The first-order valence-corrected chi connectivity index (χ1v) is 28.7. The van der Waals surface area contributed by atoms with Gasteiger partial charge in [0, 0.05) is 83.5 Å². The Morgan fingerprint density at radius 3 is 2.26 bits per heavy atom. The molecule has 0 aromatic rings. The number of carbonyl (C=O) groups excluding carboxylic acids is 5. The molecule has 2 N–H and O–H groups in total. The molecule has 5 heterocycles. The minimum atomic E-state index is -2.46. The molecule has 77 heavy (non-hydrogen) atoms. The van der Waals surface area contributed by atoms with Crippen molar-refractivity contribution in [1.82, 2.24) is 9.80 Å². The van der Waals surface area contributed by atoms with E-state index in [2.05, 4.69) is 4.90 Å². The molecule has 11 unspecified atom stereocenters. The summed E-state index contributed by atoms with van der Waals surface area (Å²) >= 11 is 0. The fraction of sp³-hybridized carbons (Fsp3) is 0.783. The van der Waals surface area contributed by atoms with E-state index in [1.165, 1.54) is 12.0 Å². The topological polar surface area (TPSA) is 206 Å². The van der Waals surface area contributed by atoms with Gasteiger partial charge >= 0.3 is 5.97 Å². The molecule has 15 atom stereocenters. The van der Waals surface area contributed by atoms with E-state index in [0.717, 1.165) is 57.7 Å². The second kappa shape index (κ2) is 29.3. The molecule has 0 aromatic heterocycles. The second-order valence-electron chi connectivity index (χ2n) is 23.8. The third-order valence-corrected chi connectivity index (χ3v) is 17.4. The van der Waals surface area contributed by atoms with E-state index in [0.29, 0.717) is 62.7 Å². The molecule has 17 heteroatoms. The summed E-state index contributed by atoms with van der Waals surface area (Å²) in [7, 11) is 4.68. The minimum Gasteiger partial charge on any atom is -0.460 e. The number of ether oxygens (including phenoxy) is 8. The third kappa shape index (κ3) is 16.6. The number of cyclic esters (lactones) is 1. The molecule has 0 aromatic carbocycles. The van der Waals surface area contributed by atoms with Crippen molar-refractivity contribution in [3.05, 3.63) is 47.6 Å². The number of amides is 1. The van der Waals surface area contributed by atoms with Crippen LogP contribution in [0.3, 0.4) is 0 Å². The van der Waals surface area contributed by atoms with Gasteiger partial charge in [0.05, 0.1) is 57.5 Å². The number of methoxy groups -OCH3 is 3. The average Bonchev–Trinajstić information content (AvgIpc) is 3.40. The van der Waals surface area contributed by atoms with Crippen LogP contribution in [0.1, 0.15) is 126 Å². The molecular weight excluding hydrogens is 989 g/mol. The van der Waals surface area contributed by atoms with Crippen molar-refractivity contribution >= 4 is 29.2 Å². The number of allylic oxidation sites excluding steroid dienone is 6. The van der Waals surface area contributed by atoms with Crippen molar-refractivity contribution < 1.29 is 72.1 Å². The second-order valence-corrected chi connectivity index (χ2v) is 23.8. The Bertz CT molecular complexity index is 2100. The van der Waals surface area contributed by atoms with Gasteiger partial charge in [-0.05, 0) is 107 Å². The Morgan fingerprint density at radius 1 is 0.818 bits per heavy atom. The van der Waals surface area contributed by atoms with E-state index in [1.807, 2.05) is 58.1 Å². The maximum atomic E-state index is 14.7. The van der Waals surface area contributed by atoms with Crippen molar-refractivity contribution in [3.63, 3.8) is 0 Å². The number of ketones is 3. The molecule has 1 amide bonds. The Morgan fingerprint density at radius 2 is 1.57 bits per heavy atom. The molecule has 434 valence electrons. The molecular formula is C60H94N2O15. The van der Waals surface area contributed by atoms with Gasteiger partial charge in [-0.15, -0.1) is 0 Å². The summed E-state index contributed by atoms with van der Waals surface area (Å²) in [6.07, 6.45) is 12.4. The fourth-order valence-corrected chi connectivity index (χ4v) is 12.4. The van der Waals surface area contributed by atoms with Crippen molar-refractivity contribution in [2.75, 3.05) is 80.5 Å². The average molecular weight is 1080 g/mol. The summed E-state index contributed by atoms with van der Waals surface area (Å²) < 4.78 is 47.7. The lowest BCUT2D eigenvalue weighted by Gasteiger charge is -2.55. The Hall–Kier alpha value is -3.49. The number of aliphatic hydroxyl groups is 2. The van der Waals surface area contributed by atoms with Crippen molar-refractivity contribution in [2.45, 2.75) is 180 Å². The quantitative estimate of drug-likeness (QED) is 0.0868. The number of esters is 1. The maximum Gasteiger partial charge on any atom is 0.329 e. The molecule has 2 bridgehead atoms. The lowest BCUT2D eigenvalue weighted by atomic mass is 9.78. The van der Waals surface area contributed by atoms with Gasteiger partial charge in [0.15, 0.2) is 5.78 Å². The first-order chi connectivity index (χ1) is 36.7. The van der Waals surface area contributed by atoms with Crippen molar-refractivity contribution in [2.24, 2.45) is 40.9 Å². The molecule has 17 nitrogen and oxygen atoms in total. The molecule has 1 saturated carbocycles. The Balaban J connectivity index is 1.24. The first kappa shape index (κ1) is 62.7. The normalized spacial score (nSPS) is 36.3. The lowest BCUT2D eigenvalue weighted by Crippen LogP contribution is -2.66. The summed E-state index contributed by atoms with van der Waals surface area (Å²) in [5, 5.41) is 23.7. The van der Waals surface area contributed by atoms with Gasteiger partial charge in [-0.2, -0.15) is 0 Å². The number of aliphatic hydroxyl groups excluding tert-OH is 1. The Labute approximate surface area is 458 Å². The minimum absolute atomic E-state index is 0.00447. The summed E-state index contributed by atoms with van der Waals surface area (Å²) in [5.41, 5.74) is 1.60. The molecule has 6 rings (SSSR count). The van der Waals surface area contributed by atoms with Crippen LogP contribution in [-0.4, -0.2) is 184 Å². The molecule has 1 aliphatic carbocycles. The molecule has 5 aliphatic heterocycles. The summed E-state index contributed by atoms with van der Waals surface area (Å²) in [5.74, 6) is -7.92. The number of hydrogen-bond donors (Lipinski definition) is 2. The van der Waals surface area contributed by atoms with E-state index < -0.39 is 77.8 Å². The van der Waals surface area contributed by atoms with Gasteiger partial charge in [0.25, 0.3) is 11.7 Å². The highest BCUT2D eigenvalue weighted by Crippen LogP contribution is 2.40. The van der Waals surface area contributed by atoms with Crippen LogP contribution in [0, 0.1) is 40.9 Å². The zero-order valence-corrected chi connectivity index (χ0v) is 48.0. The zero-order valence-electron chi connectivity index (χ0n) is 48.0. The largest absolute Gasteiger partial charge is 0.460 e. The third-order valence-electron chi connectivity index (χ3n) is 17.4. The van der Waals surface area contributed by atoms with Crippen LogP contribution < -0.4 is 0 Å². The van der Waals surface area contributed by atoms with Gasteiger partial charge in [0.1, 0.15) is 30.1 Å². The van der Waals surface area contributed by atoms with Crippen LogP contribution in [0.15, 0.2) is 47.6 Å². The van der Waals surface area contributed by atoms with Crippen LogP contribution in [0.4, 0.5) is 0 Å². The number of Topliss-reactive ketones (excluding diaryl/α,β-unsaturated/α-hetero) is 3. The number of rotatable bonds is 13. The monoisotopic (exact) mass is 1080 g/mol. The van der Waals surface area contributed by atoms with Crippen LogP contribution in [0.2, 0.25) is 0 Å². The van der Waals surface area contributed by atoms with E-state index in [4.69, 9.17) is 37.9 Å². The number of hydrogen-bond acceptors (Lipinski definition) is 16. The summed E-state index contributed by atoms with van der Waals surface area (Å²) in [6.45, 7) is 18.8. The molecule has 5 fully saturated rings. The SMILES string of the molecule is COCCOC1CC2CCC(C)C(O)(O2)C(=O)C(=O)N2CCCCC2C(=O)OC([C@H](C)C[C@@H]2CC[C@@H](OCCN3CC4(COC4)C3)[C@H](OC)C2)CC(=O)C(C)C=C(C)C(O)C(OC)C(=O)C(C)CC(C)C=CC=CC=C1C. The molecule has 4 saturated heterocycles. The van der Waals surface area contributed by atoms with Gasteiger partial charge < -0.3 is 53.0 Å². The molecule has 1 spiro atoms. The number of piperidine rings is 1. The highest BCUT2D eigenvalue weighted by atomic mass is 16.6. The number of fused-ring (bicyclic) bond motifs is 3. The van der Waals surface area contributed by atoms with Gasteiger partial charge in [-0.25, -0.2) is 4.79 Å². The molecule has 6 aliphatic rings. The van der Waals surface area contributed by atoms with Crippen LogP contribution >= 0.6 is 0 Å². The summed E-state index contributed by atoms with van der Waals surface area (Å²) in [4.78, 5) is 75.5. The summed E-state index contributed by atoms with van der Waals surface area (Å²) in [6, 6.07) is -1.15. The first-order valence-electron chi connectivity index (χ1n) is 28.7. The van der Waals surface area contributed by atoms with Gasteiger partial charge in [0.2, 0.25) is 5.79 Å². The van der Waals surface area contributed by atoms with E-state index in [-0.39, 0.29) is 73.9 Å². The number of nitrogens with zero attached hydrogens (tertiary/aromatic N) is 2. The van der Waals surface area contributed by atoms with E-state index in [9.17, 15) is 34.2 Å². The number of likely N-dealkylation sites (tertiary alicyclic amines) is 1.